The van der Waals surface area contributed by atoms with Crippen molar-refractivity contribution in [3.8, 4) is 5.75 Å². The molecule has 7 heteroatoms. The molecule has 1 atom stereocenters. The number of aliphatic imine (C=N–C) groups is 1. The molecule has 1 aromatic rings. The molecule has 18 heavy (non-hydrogen) atoms. The highest BCUT2D eigenvalue weighted by Crippen LogP contribution is 2.36. The third-order valence-electron chi connectivity index (χ3n) is 2.00. The lowest BCUT2D eigenvalue weighted by Gasteiger charge is -2.14. The molecule has 0 aliphatic rings. The minimum absolute atomic E-state index is 0.156. The Morgan fingerprint density at radius 3 is 2.61 bits per heavy atom. The molecule has 0 spiro atoms. The third-order valence-corrected chi connectivity index (χ3v) is 2.60. The Morgan fingerprint density at radius 1 is 1.39 bits per heavy atom. The summed E-state index contributed by atoms with van der Waals surface area (Å²) < 4.78 is 9.79. The van der Waals surface area contributed by atoms with E-state index >= 15 is 0 Å². The Labute approximate surface area is 113 Å². The van der Waals surface area contributed by atoms with Crippen LogP contribution in [0.15, 0.2) is 17.1 Å². The van der Waals surface area contributed by atoms with Crippen molar-refractivity contribution in [2.45, 2.75) is 13.0 Å². The van der Waals surface area contributed by atoms with Crippen LogP contribution in [0.5, 0.6) is 5.75 Å². The van der Waals surface area contributed by atoms with Crippen LogP contribution < -0.4 is 4.74 Å². The van der Waals surface area contributed by atoms with Crippen LogP contribution in [-0.4, -0.2) is 25.3 Å². The highest BCUT2D eigenvalue weighted by Gasteiger charge is 2.17. The number of nitrogens with zero attached hydrogens (tertiary/aromatic N) is 1. The fourth-order valence-electron chi connectivity index (χ4n) is 1.15. The quantitative estimate of drug-likeness (QED) is 0.486. The van der Waals surface area contributed by atoms with Gasteiger partial charge in [-0.2, -0.15) is 4.99 Å². The van der Waals surface area contributed by atoms with E-state index in [2.05, 4.69) is 9.73 Å². The summed E-state index contributed by atoms with van der Waals surface area (Å²) in [6.07, 6.45) is 0.513. The van der Waals surface area contributed by atoms with Crippen LogP contribution in [0.25, 0.3) is 0 Å². The van der Waals surface area contributed by atoms with Crippen molar-refractivity contribution in [2.24, 2.45) is 4.99 Å². The summed E-state index contributed by atoms with van der Waals surface area (Å²) in [4.78, 5) is 24.8. The van der Waals surface area contributed by atoms with Crippen LogP contribution in [-0.2, 0) is 14.3 Å². The van der Waals surface area contributed by atoms with E-state index in [9.17, 15) is 9.59 Å². The fourth-order valence-corrected chi connectivity index (χ4v) is 1.62. The van der Waals surface area contributed by atoms with Gasteiger partial charge in [0.25, 0.3) is 0 Å². The third kappa shape index (κ3) is 3.47. The Balaban J connectivity index is 3.05. The van der Waals surface area contributed by atoms with Crippen molar-refractivity contribution in [1.82, 2.24) is 0 Å². The standard InChI is InChI=1S/C11H9Cl2NO4/c1-6(11(16)17-2)18-10-4-9(14-5-15)7(12)3-8(10)13/h3-4,6H,1-2H3. The van der Waals surface area contributed by atoms with Gasteiger partial charge in [0.05, 0.1) is 22.8 Å². The van der Waals surface area contributed by atoms with Crippen molar-refractivity contribution in [2.75, 3.05) is 7.11 Å². The molecule has 0 radical (unpaired) electrons. The Kier molecular flexibility index (Phi) is 5.16. The number of carbonyl (C=O) groups is 1. The number of methoxy groups -OCH3 is 1. The van der Waals surface area contributed by atoms with E-state index in [0.717, 1.165) is 0 Å². The topological polar surface area (TPSA) is 65.0 Å². The van der Waals surface area contributed by atoms with E-state index in [-0.39, 0.29) is 21.5 Å². The first-order valence-electron chi connectivity index (χ1n) is 4.81. The van der Waals surface area contributed by atoms with E-state index in [0.29, 0.717) is 0 Å². The van der Waals surface area contributed by atoms with E-state index < -0.39 is 12.1 Å². The first kappa shape index (κ1) is 14.5. The van der Waals surface area contributed by atoms with Gasteiger partial charge in [-0.1, -0.05) is 23.2 Å². The molecule has 0 fully saturated rings. The van der Waals surface area contributed by atoms with Crippen molar-refractivity contribution in [3.05, 3.63) is 22.2 Å². The second kappa shape index (κ2) is 6.40. The van der Waals surface area contributed by atoms with Crippen LogP contribution in [0, 0.1) is 0 Å². The van der Waals surface area contributed by atoms with Crippen LogP contribution in [0.2, 0.25) is 10.0 Å². The van der Waals surface area contributed by atoms with Crippen molar-refractivity contribution < 1.29 is 19.1 Å². The first-order chi connectivity index (χ1) is 8.49. The molecule has 0 saturated carbocycles. The lowest BCUT2D eigenvalue weighted by molar-refractivity contribution is -0.147. The van der Waals surface area contributed by atoms with Gasteiger partial charge in [-0.3, -0.25) is 0 Å². The Morgan fingerprint density at radius 2 is 2.06 bits per heavy atom. The molecule has 0 aliphatic heterocycles. The molecule has 0 N–H and O–H groups in total. The molecular formula is C11H9Cl2NO4. The van der Waals surface area contributed by atoms with Crippen molar-refractivity contribution >= 4 is 40.9 Å². The summed E-state index contributed by atoms with van der Waals surface area (Å²) in [5, 5.41) is 0.377. The van der Waals surface area contributed by atoms with Gasteiger partial charge in [0.15, 0.2) is 6.10 Å². The van der Waals surface area contributed by atoms with Gasteiger partial charge in [0.1, 0.15) is 5.75 Å². The number of benzene rings is 1. The maximum Gasteiger partial charge on any atom is 0.346 e. The predicted molar refractivity (Wildman–Crippen MR) is 66.3 cm³/mol. The number of hydrogen-bond acceptors (Lipinski definition) is 5. The number of carbonyl (C=O) groups excluding carboxylic acids is 2. The summed E-state index contributed by atoms with van der Waals surface area (Å²) in [5.41, 5.74) is 0.156. The molecule has 5 nitrogen and oxygen atoms in total. The van der Waals surface area contributed by atoms with Gasteiger partial charge < -0.3 is 9.47 Å². The van der Waals surface area contributed by atoms with Crippen LogP contribution in [0.4, 0.5) is 5.69 Å². The van der Waals surface area contributed by atoms with Gasteiger partial charge in [-0.05, 0) is 13.0 Å². The number of isocyanates is 1. The SMILES string of the molecule is COC(=O)C(C)Oc1cc(N=C=O)c(Cl)cc1Cl. The van der Waals surface area contributed by atoms with Crippen LogP contribution >= 0.6 is 23.2 Å². The maximum absolute atomic E-state index is 11.2. The zero-order valence-corrected chi connectivity index (χ0v) is 11.1. The zero-order chi connectivity index (χ0) is 13.7. The minimum atomic E-state index is -0.846. The molecule has 0 heterocycles. The van der Waals surface area contributed by atoms with Crippen LogP contribution in [0.3, 0.4) is 0 Å². The van der Waals surface area contributed by atoms with Crippen molar-refractivity contribution in [3.63, 3.8) is 0 Å². The number of halogens is 2. The van der Waals surface area contributed by atoms with Gasteiger partial charge in [-0.15, -0.1) is 0 Å². The molecule has 0 aromatic heterocycles. The average Bonchev–Trinajstić information content (AvgIpc) is 2.34. The van der Waals surface area contributed by atoms with E-state index in [4.69, 9.17) is 27.9 Å². The molecule has 1 unspecified atom stereocenters. The normalized spacial score (nSPS) is 11.3. The highest BCUT2D eigenvalue weighted by molar-refractivity contribution is 6.37. The second-order valence-corrected chi connectivity index (χ2v) is 4.03. The molecular weight excluding hydrogens is 281 g/mol. The number of hydrogen-bond donors (Lipinski definition) is 0. The monoisotopic (exact) mass is 289 g/mol. The number of ether oxygens (including phenoxy) is 2. The van der Waals surface area contributed by atoms with Gasteiger partial charge in [0.2, 0.25) is 6.08 Å². The lowest BCUT2D eigenvalue weighted by Crippen LogP contribution is -2.25. The largest absolute Gasteiger partial charge is 0.477 e. The summed E-state index contributed by atoms with van der Waals surface area (Å²) in [5.74, 6) is -0.380. The maximum atomic E-state index is 11.2. The molecule has 0 amide bonds. The van der Waals surface area contributed by atoms with Gasteiger partial charge in [0, 0.05) is 6.07 Å². The highest BCUT2D eigenvalue weighted by atomic mass is 35.5. The summed E-state index contributed by atoms with van der Waals surface area (Å²) in [7, 11) is 1.24. The first-order valence-corrected chi connectivity index (χ1v) is 5.56. The fraction of sp³-hybridized carbons (Fsp3) is 0.273. The number of rotatable bonds is 4. The molecule has 1 rings (SSSR count). The van der Waals surface area contributed by atoms with Crippen molar-refractivity contribution in [1.29, 1.82) is 0 Å². The zero-order valence-electron chi connectivity index (χ0n) is 9.57. The van der Waals surface area contributed by atoms with Gasteiger partial charge >= 0.3 is 5.97 Å². The lowest BCUT2D eigenvalue weighted by atomic mass is 10.3. The Hall–Kier alpha value is -1.55. The van der Waals surface area contributed by atoms with Crippen LogP contribution in [0.1, 0.15) is 6.92 Å². The van der Waals surface area contributed by atoms with E-state index in [1.807, 2.05) is 0 Å². The minimum Gasteiger partial charge on any atom is -0.477 e. The second-order valence-electron chi connectivity index (χ2n) is 3.22. The molecule has 0 saturated heterocycles. The molecule has 0 bridgehead atoms. The van der Waals surface area contributed by atoms with E-state index in [1.54, 1.807) is 0 Å². The molecule has 1 aromatic carbocycles. The average molecular weight is 290 g/mol. The molecule has 96 valence electrons. The Bertz CT molecular complexity index is 512. The summed E-state index contributed by atoms with van der Waals surface area (Å²) in [6, 6.07) is 2.70. The smallest absolute Gasteiger partial charge is 0.346 e. The number of esters is 1. The predicted octanol–water partition coefficient (Wildman–Crippen LogP) is 2.90. The summed E-state index contributed by atoms with van der Waals surface area (Å²) >= 11 is 11.7. The summed E-state index contributed by atoms with van der Waals surface area (Å²) in [6.45, 7) is 1.50. The van der Waals surface area contributed by atoms with E-state index in [1.165, 1.54) is 32.2 Å². The molecule has 0 aliphatic carbocycles. The van der Waals surface area contributed by atoms with Gasteiger partial charge in [-0.25, -0.2) is 9.59 Å².